The van der Waals surface area contributed by atoms with Crippen molar-refractivity contribution in [2.45, 2.75) is 39.3 Å². The molecule has 1 aliphatic rings. The van der Waals surface area contributed by atoms with Crippen molar-refractivity contribution in [3.05, 3.63) is 58.9 Å². The summed E-state index contributed by atoms with van der Waals surface area (Å²) in [5, 5.41) is 3.10. The first-order chi connectivity index (χ1) is 14.4. The van der Waals surface area contributed by atoms with Gasteiger partial charge < -0.3 is 19.7 Å². The van der Waals surface area contributed by atoms with E-state index in [9.17, 15) is 9.18 Å². The van der Waals surface area contributed by atoms with E-state index in [1.54, 1.807) is 20.3 Å². The third kappa shape index (κ3) is 5.11. The quantitative estimate of drug-likeness (QED) is 0.697. The van der Waals surface area contributed by atoms with Crippen LogP contribution in [-0.2, 0) is 17.8 Å². The normalized spacial score (nSPS) is 18.1. The predicted octanol–water partition coefficient (Wildman–Crippen LogP) is 2.69. The van der Waals surface area contributed by atoms with Crippen molar-refractivity contribution in [1.29, 1.82) is 0 Å². The van der Waals surface area contributed by atoms with Crippen molar-refractivity contribution in [1.82, 2.24) is 5.32 Å². The fraction of sp³-hybridized carbons (Fsp3) is 0.458. The maximum atomic E-state index is 14.3. The van der Waals surface area contributed by atoms with Crippen LogP contribution in [0.5, 0.6) is 11.5 Å². The Morgan fingerprint density at radius 3 is 2.57 bits per heavy atom. The number of ether oxygens (including phenoxy) is 2. The van der Waals surface area contributed by atoms with Crippen LogP contribution in [0.3, 0.4) is 0 Å². The summed E-state index contributed by atoms with van der Waals surface area (Å²) < 4.78 is 25.3. The highest BCUT2D eigenvalue weighted by atomic mass is 19.1. The van der Waals surface area contributed by atoms with Crippen LogP contribution in [0.15, 0.2) is 36.4 Å². The lowest BCUT2D eigenvalue weighted by atomic mass is 9.91. The van der Waals surface area contributed by atoms with Crippen LogP contribution >= 0.6 is 0 Å². The Kier molecular flexibility index (Phi) is 7.32. The number of halogens is 1. The SMILES string of the molecule is COc1cc2c(cc1OC)[C@H](CNC(=O)CC(C)C)[NH+](Cc1ccccc1F)CC2. The highest BCUT2D eigenvalue weighted by Gasteiger charge is 2.33. The number of carbonyl (C=O) groups is 1. The van der Waals surface area contributed by atoms with Gasteiger partial charge in [0.2, 0.25) is 5.91 Å². The highest BCUT2D eigenvalue weighted by Crippen LogP contribution is 2.34. The van der Waals surface area contributed by atoms with E-state index in [4.69, 9.17) is 9.47 Å². The van der Waals surface area contributed by atoms with E-state index in [2.05, 4.69) is 5.32 Å². The summed E-state index contributed by atoms with van der Waals surface area (Å²) in [6.45, 7) is 5.97. The molecule has 6 heteroatoms. The molecule has 1 aliphatic heterocycles. The third-order valence-electron chi connectivity index (χ3n) is 5.70. The van der Waals surface area contributed by atoms with Crippen molar-refractivity contribution < 1.29 is 23.6 Å². The molecule has 0 spiro atoms. The van der Waals surface area contributed by atoms with E-state index in [1.807, 2.05) is 38.1 Å². The monoisotopic (exact) mass is 415 g/mol. The summed E-state index contributed by atoms with van der Waals surface area (Å²) in [5.74, 6) is 1.53. The Labute approximate surface area is 178 Å². The van der Waals surface area contributed by atoms with Crippen LogP contribution in [-0.4, -0.2) is 33.2 Å². The van der Waals surface area contributed by atoms with Gasteiger partial charge in [-0.15, -0.1) is 0 Å². The van der Waals surface area contributed by atoms with Gasteiger partial charge >= 0.3 is 0 Å². The van der Waals surface area contributed by atoms with Gasteiger partial charge in [-0.1, -0.05) is 32.0 Å². The Bertz CT molecular complexity index is 885. The van der Waals surface area contributed by atoms with Crippen LogP contribution in [0.4, 0.5) is 4.39 Å². The predicted molar refractivity (Wildman–Crippen MR) is 114 cm³/mol. The van der Waals surface area contributed by atoms with Crippen molar-refractivity contribution in [2.75, 3.05) is 27.3 Å². The lowest BCUT2D eigenvalue weighted by Crippen LogP contribution is -3.12. The largest absolute Gasteiger partial charge is 0.493 e. The number of benzene rings is 2. The molecule has 0 saturated heterocycles. The van der Waals surface area contributed by atoms with Gasteiger partial charge in [0.15, 0.2) is 11.5 Å². The molecule has 162 valence electrons. The first-order valence-corrected chi connectivity index (χ1v) is 10.5. The van der Waals surface area contributed by atoms with Gasteiger partial charge in [0, 0.05) is 24.0 Å². The number of amides is 1. The van der Waals surface area contributed by atoms with Crippen LogP contribution in [0.25, 0.3) is 0 Å². The van der Waals surface area contributed by atoms with Crippen LogP contribution in [0, 0.1) is 11.7 Å². The average Bonchev–Trinajstić information content (AvgIpc) is 2.72. The van der Waals surface area contributed by atoms with Gasteiger partial charge in [0.05, 0.1) is 27.3 Å². The minimum Gasteiger partial charge on any atom is -0.493 e. The topological polar surface area (TPSA) is 52.0 Å². The molecule has 0 aliphatic carbocycles. The molecular formula is C24H32FN2O3+. The number of fused-ring (bicyclic) bond motifs is 1. The summed E-state index contributed by atoms with van der Waals surface area (Å²) in [5.41, 5.74) is 3.00. The molecule has 2 aromatic carbocycles. The second kappa shape index (κ2) is 9.94. The zero-order valence-corrected chi connectivity index (χ0v) is 18.3. The van der Waals surface area contributed by atoms with Gasteiger partial charge in [0.25, 0.3) is 0 Å². The van der Waals surface area contributed by atoms with E-state index in [0.29, 0.717) is 42.5 Å². The lowest BCUT2D eigenvalue weighted by Gasteiger charge is -2.35. The van der Waals surface area contributed by atoms with E-state index >= 15 is 0 Å². The highest BCUT2D eigenvalue weighted by molar-refractivity contribution is 5.76. The van der Waals surface area contributed by atoms with Crippen molar-refractivity contribution in [2.24, 2.45) is 5.92 Å². The minimum absolute atomic E-state index is 0.00396. The molecule has 30 heavy (non-hydrogen) atoms. The van der Waals surface area contributed by atoms with Gasteiger partial charge in [-0.3, -0.25) is 4.79 Å². The lowest BCUT2D eigenvalue weighted by molar-refractivity contribution is -0.946. The molecule has 2 aromatic rings. The van der Waals surface area contributed by atoms with Crippen molar-refractivity contribution >= 4 is 5.91 Å². The fourth-order valence-electron chi connectivity index (χ4n) is 4.18. The molecule has 0 saturated carbocycles. The van der Waals surface area contributed by atoms with E-state index < -0.39 is 0 Å². The summed E-state index contributed by atoms with van der Waals surface area (Å²) >= 11 is 0. The number of hydrogen-bond acceptors (Lipinski definition) is 3. The molecule has 2 N–H and O–H groups in total. The Balaban J connectivity index is 1.91. The first kappa shape index (κ1) is 22.1. The summed E-state index contributed by atoms with van der Waals surface area (Å²) in [7, 11) is 3.25. The van der Waals surface area contributed by atoms with Crippen molar-refractivity contribution in [3.63, 3.8) is 0 Å². The number of quaternary nitrogens is 1. The molecule has 1 unspecified atom stereocenters. The number of rotatable bonds is 8. The van der Waals surface area contributed by atoms with E-state index in [1.165, 1.54) is 16.5 Å². The zero-order chi connectivity index (χ0) is 21.7. The molecule has 2 atom stereocenters. The second-order valence-electron chi connectivity index (χ2n) is 8.29. The van der Waals surface area contributed by atoms with Gasteiger partial charge in [-0.05, 0) is 29.7 Å². The Hall–Kier alpha value is -2.60. The molecule has 0 fully saturated rings. The number of hydrogen-bond donors (Lipinski definition) is 2. The average molecular weight is 416 g/mol. The van der Waals surface area contributed by atoms with Crippen LogP contribution in [0.1, 0.15) is 43.0 Å². The number of carbonyl (C=O) groups excluding carboxylic acids is 1. The summed E-state index contributed by atoms with van der Waals surface area (Å²) in [6.07, 6.45) is 1.35. The van der Waals surface area contributed by atoms with E-state index in [0.717, 1.165) is 18.5 Å². The molecule has 0 radical (unpaired) electrons. The van der Waals surface area contributed by atoms with E-state index in [-0.39, 0.29) is 17.8 Å². The smallest absolute Gasteiger partial charge is 0.220 e. The zero-order valence-electron chi connectivity index (χ0n) is 18.3. The minimum atomic E-state index is -0.189. The molecule has 0 aromatic heterocycles. The van der Waals surface area contributed by atoms with Crippen LogP contribution in [0.2, 0.25) is 0 Å². The Morgan fingerprint density at radius 2 is 1.90 bits per heavy atom. The number of nitrogens with one attached hydrogen (secondary N) is 2. The maximum absolute atomic E-state index is 14.3. The molecule has 0 bridgehead atoms. The standard InChI is InChI=1S/C24H31FN2O3/c1-16(2)11-24(28)26-14-21-19-13-23(30-4)22(29-3)12-17(19)9-10-27(21)15-18-7-5-6-8-20(18)25/h5-8,12-13,16,21H,9-11,14-15H2,1-4H3,(H,26,28)/p+1/t21-/m0/s1. The molecule has 3 rings (SSSR count). The summed E-state index contributed by atoms with van der Waals surface area (Å²) in [4.78, 5) is 13.6. The molecule has 5 nitrogen and oxygen atoms in total. The fourth-order valence-corrected chi connectivity index (χ4v) is 4.18. The van der Waals surface area contributed by atoms with Gasteiger partial charge in [0.1, 0.15) is 18.4 Å². The third-order valence-corrected chi connectivity index (χ3v) is 5.70. The molecular weight excluding hydrogens is 383 g/mol. The van der Waals surface area contributed by atoms with Crippen molar-refractivity contribution in [3.8, 4) is 11.5 Å². The van der Waals surface area contributed by atoms with Crippen LogP contribution < -0.4 is 19.7 Å². The molecule has 1 heterocycles. The summed E-state index contributed by atoms with van der Waals surface area (Å²) in [6, 6.07) is 10.9. The second-order valence-corrected chi connectivity index (χ2v) is 8.29. The maximum Gasteiger partial charge on any atom is 0.220 e. The Morgan fingerprint density at radius 1 is 1.20 bits per heavy atom. The number of methoxy groups -OCH3 is 2. The van der Waals surface area contributed by atoms with Gasteiger partial charge in [-0.25, -0.2) is 4.39 Å². The molecule has 1 amide bonds. The first-order valence-electron chi connectivity index (χ1n) is 10.5. The van der Waals surface area contributed by atoms with Gasteiger partial charge in [-0.2, -0.15) is 0 Å².